The van der Waals surface area contributed by atoms with Gasteiger partial charge in [0.25, 0.3) is 5.56 Å². The lowest BCUT2D eigenvalue weighted by Gasteiger charge is -2.13. The number of nitrogens with zero attached hydrogens (tertiary/aromatic N) is 2. The molecule has 0 radical (unpaired) electrons. The Kier molecular flexibility index (Phi) is 4.54. The Hall–Kier alpha value is -2.12. The van der Waals surface area contributed by atoms with Gasteiger partial charge in [0.15, 0.2) is 25.1 Å². The summed E-state index contributed by atoms with van der Waals surface area (Å²) in [5.41, 5.74) is 0.928. The molecule has 0 atom stereocenters. The fourth-order valence-corrected chi connectivity index (χ4v) is 1.69. The summed E-state index contributed by atoms with van der Waals surface area (Å²) in [7, 11) is 3.03. The van der Waals surface area contributed by atoms with Gasteiger partial charge in [0.1, 0.15) is 5.65 Å². The van der Waals surface area contributed by atoms with E-state index in [9.17, 15) is 4.79 Å². The summed E-state index contributed by atoms with van der Waals surface area (Å²) in [6.45, 7) is 1.87. The third kappa shape index (κ3) is 3.06. The van der Waals surface area contributed by atoms with Crippen molar-refractivity contribution in [1.29, 1.82) is 0 Å². The maximum atomic E-state index is 11.9. The minimum absolute atomic E-state index is 0.0445. The normalized spacial score (nSPS) is 10.8. The van der Waals surface area contributed by atoms with E-state index in [1.165, 1.54) is 30.9 Å². The number of pyridine rings is 1. The van der Waals surface area contributed by atoms with Gasteiger partial charge in [-0.25, -0.2) is 4.98 Å². The lowest BCUT2D eigenvalue weighted by molar-refractivity contribution is 0.0320. The van der Waals surface area contributed by atoms with Gasteiger partial charge in [-0.05, 0) is 6.92 Å². The molecule has 0 N–H and O–H groups in total. The number of fused-ring (bicyclic) bond motifs is 1. The molecule has 0 bridgehead atoms. The first-order valence-electron chi connectivity index (χ1n) is 5.93. The first kappa shape index (κ1) is 14.3. The average molecular weight is 280 g/mol. The van der Waals surface area contributed by atoms with Crippen molar-refractivity contribution in [2.75, 3.05) is 27.8 Å². The topological polar surface area (TPSA) is 71.3 Å². The number of aryl methyl sites for hydroxylation is 1. The van der Waals surface area contributed by atoms with Crippen molar-refractivity contribution in [3.63, 3.8) is 0 Å². The highest BCUT2D eigenvalue weighted by Gasteiger charge is 2.10. The van der Waals surface area contributed by atoms with Gasteiger partial charge in [0.05, 0.1) is 6.20 Å². The monoisotopic (exact) mass is 280 g/mol. The second-order valence-electron chi connectivity index (χ2n) is 4.07. The standard InChI is InChI=1S/C13H16N2O5/c1-9-4-13(16)15-6-11(20-8-18-3)10(19-7-17-2)5-12(15)14-9/h4-6H,7-8H2,1-3H3. The lowest BCUT2D eigenvalue weighted by Crippen LogP contribution is -2.16. The molecule has 0 aliphatic carbocycles. The van der Waals surface area contributed by atoms with Gasteiger partial charge in [0.2, 0.25) is 0 Å². The third-order valence-electron chi connectivity index (χ3n) is 2.52. The van der Waals surface area contributed by atoms with Gasteiger partial charge in [-0.1, -0.05) is 0 Å². The highest BCUT2D eigenvalue weighted by atomic mass is 16.7. The zero-order valence-electron chi connectivity index (χ0n) is 11.6. The van der Waals surface area contributed by atoms with Crippen LogP contribution < -0.4 is 15.0 Å². The predicted molar refractivity (Wildman–Crippen MR) is 71.2 cm³/mol. The van der Waals surface area contributed by atoms with Crippen LogP contribution in [0, 0.1) is 6.92 Å². The van der Waals surface area contributed by atoms with E-state index < -0.39 is 0 Å². The molecule has 0 aromatic carbocycles. The second kappa shape index (κ2) is 6.36. The molecule has 20 heavy (non-hydrogen) atoms. The van der Waals surface area contributed by atoms with Crippen molar-refractivity contribution in [3.05, 3.63) is 34.4 Å². The van der Waals surface area contributed by atoms with Gasteiger partial charge in [-0.3, -0.25) is 9.20 Å². The molecule has 0 saturated heterocycles. The largest absolute Gasteiger partial charge is 0.463 e. The molecule has 0 unspecified atom stereocenters. The van der Waals surface area contributed by atoms with E-state index in [1.807, 2.05) is 0 Å². The van der Waals surface area contributed by atoms with Crippen LogP contribution in [0.4, 0.5) is 0 Å². The molecule has 2 aromatic rings. The zero-order valence-corrected chi connectivity index (χ0v) is 11.6. The number of hydrogen-bond acceptors (Lipinski definition) is 6. The Labute approximate surface area is 115 Å². The average Bonchev–Trinajstić information content (AvgIpc) is 2.42. The molecule has 2 aromatic heterocycles. The first-order chi connectivity index (χ1) is 9.65. The summed E-state index contributed by atoms with van der Waals surface area (Å²) in [4.78, 5) is 16.2. The predicted octanol–water partition coefficient (Wildman–Crippen LogP) is 0.968. The Bertz CT molecular complexity index is 653. The minimum Gasteiger partial charge on any atom is -0.463 e. The highest BCUT2D eigenvalue weighted by molar-refractivity contribution is 5.51. The van der Waals surface area contributed by atoms with Crippen LogP contribution in [0.25, 0.3) is 5.65 Å². The second-order valence-corrected chi connectivity index (χ2v) is 4.07. The van der Waals surface area contributed by atoms with Gasteiger partial charge in [0, 0.05) is 32.0 Å². The fraction of sp³-hybridized carbons (Fsp3) is 0.385. The quantitative estimate of drug-likeness (QED) is 0.734. The molecule has 7 heteroatoms. The van der Waals surface area contributed by atoms with Crippen molar-refractivity contribution in [3.8, 4) is 11.5 Å². The van der Waals surface area contributed by atoms with E-state index in [0.717, 1.165) is 0 Å². The SMILES string of the molecule is COCOc1cc2nc(C)cc(=O)n2cc1OCOC. The van der Waals surface area contributed by atoms with Crippen LogP contribution in [0.15, 0.2) is 23.1 Å². The number of ether oxygens (including phenoxy) is 4. The molecular weight excluding hydrogens is 264 g/mol. The summed E-state index contributed by atoms with van der Waals surface area (Å²) in [5.74, 6) is 0.811. The van der Waals surface area contributed by atoms with E-state index >= 15 is 0 Å². The fourth-order valence-electron chi connectivity index (χ4n) is 1.69. The van der Waals surface area contributed by atoms with E-state index in [-0.39, 0.29) is 19.1 Å². The Morgan fingerprint density at radius 2 is 1.75 bits per heavy atom. The van der Waals surface area contributed by atoms with Crippen LogP contribution in [-0.2, 0) is 9.47 Å². The zero-order chi connectivity index (χ0) is 14.5. The van der Waals surface area contributed by atoms with E-state index in [2.05, 4.69) is 4.98 Å². The van der Waals surface area contributed by atoms with Crippen molar-refractivity contribution < 1.29 is 18.9 Å². The molecule has 0 aliphatic heterocycles. The number of rotatable bonds is 6. The number of hydrogen-bond donors (Lipinski definition) is 0. The van der Waals surface area contributed by atoms with Crippen molar-refractivity contribution in [2.45, 2.75) is 6.92 Å². The Morgan fingerprint density at radius 1 is 1.10 bits per heavy atom. The smallest absolute Gasteiger partial charge is 0.258 e. The highest BCUT2D eigenvalue weighted by Crippen LogP contribution is 2.27. The van der Waals surface area contributed by atoms with E-state index in [1.54, 1.807) is 13.0 Å². The van der Waals surface area contributed by atoms with Crippen LogP contribution in [0.3, 0.4) is 0 Å². The molecule has 0 fully saturated rings. The number of aromatic nitrogens is 2. The minimum atomic E-state index is -0.187. The van der Waals surface area contributed by atoms with Crippen molar-refractivity contribution in [2.24, 2.45) is 0 Å². The van der Waals surface area contributed by atoms with Crippen LogP contribution in [0.2, 0.25) is 0 Å². The third-order valence-corrected chi connectivity index (χ3v) is 2.52. The molecule has 0 aliphatic rings. The first-order valence-corrected chi connectivity index (χ1v) is 5.93. The summed E-state index contributed by atoms with van der Waals surface area (Å²) < 4.78 is 21.9. The van der Waals surface area contributed by atoms with Gasteiger partial charge in [-0.2, -0.15) is 0 Å². The Morgan fingerprint density at radius 3 is 2.40 bits per heavy atom. The summed E-state index contributed by atoms with van der Waals surface area (Å²) in [6, 6.07) is 3.07. The maximum Gasteiger partial charge on any atom is 0.258 e. The summed E-state index contributed by atoms with van der Waals surface area (Å²) in [6.07, 6.45) is 1.52. The van der Waals surface area contributed by atoms with Gasteiger partial charge >= 0.3 is 0 Å². The van der Waals surface area contributed by atoms with Crippen LogP contribution in [0.5, 0.6) is 11.5 Å². The number of methoxy groups -OCH3 is 2. The molecule has 0 amide bonds. The Balaban J connectivity index is 2.52. The molecule has 7 nitrogen and oxygen atoms in total. The van der Waals surface area contributed by atoms with Gasteiger partial charge in [-0.15, -0.1) is 0 Å². The van der Waals surface area contributed by atoms with Crippen molar-refractivity contribution >= 4 is 5.65 Å². The van der Waals surface area contributed by atoms with Crippen LogP contribution in [-0.4, -0.2) is 37.2 Å². The van der Waals surface area contributed by atoms with Crippen LogP contribution >= 0.6 is 0 Å². The van der Waals surface area contributed by atoms with E-state index in [0.29, 0.717) is 22.8 Å². The maximum absolute atomic E-state index is 11.9. The van der Waals surface area contributed by atoms with Crippen LogP contribution in [0.1, 0.15) is 5.69 Å². The van der Waals surface area contributed by atoms with Gasteiger partial charge < -0.3 is 18.9 Å². The molecule has 2 heterocycles. The molecule has 0 saturated carbocycles. The lowest BCUT2D eigenvalue weighted by atomic mass is 10.3. The molecule has 0 spiro atoms. The molecular formula is C13H16N2O5. The van der Waals surface area contributed by atoms with E-state index in [4.69, 9.17) is 18.9 Å². The molecule has 108 valence electrons. The summed E-state index contributed by atoms with van der Waals surface area (Å²) in [5, 5.41) is 0. The molecule has 2 rings (SSSR count). The summed E-state index contributed by atoms with van der Waals surface area (Å²) >= 11 is 0. The van der Waals surface area contributed by atoms with Crippen molar-refractivity contribution in [1.82, 2.24) is 9.38 Å².